The summed E-state index contributed by atoms with van der Waals surface area (Å²) in [6.45, 7) is 8.53. The van der Waals surface area contributed by atoms with E-state index in [1.807, 2.05) is 25.6 Å². The normalized spacial score (nSPS) is 13.8. The smallest absolute Gasteiger partial charge is 0.0684 e. The highest BCUT2D eigenvalue weighted by molar-refractivity contribution is 7.99. The van der Waals surface area contributed by atoms with E-state index in [2.05, 4.69) is 19.9 Å². The molecule has 13 heavy (non-hydrogen) atoms. The van der Waals surface area contributed by atoms with Crippen molar-refractivity contribution in [2.24, 2.45) is 11.3 Å². The van der Waals surface area contributed by atoms with Gasteiger partial charge in [-0.3, -0.25) is 0 Å². The molecule has 76 valence electrons. The molecule has 0 aromatic rings. The van der Waals surface area contributed by atoms with Gasteiger partial charge in [-0.15, -0.1) is 0 Å². The van der Waals surface area contributed by atoms with Crippen LogP contribution >= 0.6 is 11.8 Å². The number of hydrogen-bond acceptors (Lipinski definition) is 2. The van der Waals surface area contributed by atoms with Gasteiger partial charge in [-0.05, 0) is 37.7 Å². The summed E-state index contributed by atoms with van der Waals surface area (Å²) in [5.41, 5.74) is -0.136. The molecule has 0 fully saturated rings. The molecule has 0 radical (unpaired) electrons. The number of hydrogen-bond donors (Lipinski definition) is 0. The zero-order valence-corrected chi connectivity index (χ0v) is 10.1. The van der Waals surface area contributed by atoms with E-state index in [0.29, 0.717) is 0 Å². The third-order valence-electron chi connectivity index (χ3n) is 2.27. The first kappa shape index (κ1) is 12.8. The van der Waals surface area contributed by atoms with Gasteiger partial charge >= 0.3 is 0 Å². The summed E-state index contributed by atoms with van der Waals surface area (Å²) in [5.74, 6) is 3.17. The molecular weight excluding hydrogens is 178 g/mol. The molecule has 0 bridgehead atoms. The van der Waals surface area contributed by atoms with Gasteiger partial charge in [-0.2, -0.15) is 17.0 Å². The summed E-state index contributed by atoms with van der Waals surface area (Å²) in [6.07, 6.45) is 2.26. The van der Waals surface area contributed by atoms with Crippen molar-refractivity contribution in [2.45, 2.75) is 40.5 Å². The molecule has 1 atom stereocenters. The summed E-state index contributed by atoms with van der Waals surface area (Å²) < 4.78 is 0. The SMILES string of the molecule is CCC(C)CSCCC(C)(C)C#N. The van der Waals surface area contributed by atoms with E-state index in [9.17, 15) is 0 Å². The van der Waals surface area contributed by atoms with Crippen LogP contribution in [0.4, 0.5) is 0 Å². The van der Waals surface area contributed by atoms with Crippen LogP contribution in [-0.2, 0) is 0 Å². The Kier molecular flexibility index (Phi) is 6.24. The Bertz CT molecular complexity index is 169. The van der Waals surface area contributed by atoms with Gasteiger partial charge in [0.25, 0.3) is 0 Å². The van der Waals surface area contributed by atoms with Crippen molar-refractivity contribution in [2.75, 3.05) is 11.5 Å². The highest BCUT2D eigenvalue weighted by atomic mass is 32.2. The van der Waals surface area contributed by atoms with Gasteiger partial charge in [-0.1, -0.05) is 20.3 Å². The predicted octanol–water partition coefficient (Wildman–Crippen LogP) is 3.71. The van der Waals surface area contributed by atoms with Crippen molar-refractivity contribution in [3.63, 3.8) is 0 Å². The highest BCUT2D eigenvalue weighted by Gasteiger charge is 2.15. The van der Waals surface area contributed by atoms with Crippen molar-refractivity contribution in [3.8, 4) is 6.07 Å². The van der Waals surface area contributed by atoms with Gasteiger partial charge in [0.15, 0.2) is 0 Å². The maximum atomic E-state index is 8.79. The molecule has 0 heterocycles. The van der Waals surface area contributed by atoms with Crippen molar-refractivity contribution in [1.29, 1.82) is 5.26 Å². The van der Waals surface area contributed by atoms with Gasteiger partial charge < -0.3 is 0 Å². The van der Waals surface area contributed by atoms with Crippen LogP contribution < -0.4 is 0 Å². The molecule has 0 aliphatic carbocycles. The predicted molar refractivity (Wildman–Crippen MR) is 60.8 cm³/mol. The number of nitriles is 1. The van der Waals surface area contributed by atoms with Crippen molar-refractivity contribution < 1.29 is 0 Å². The third kappa shape index (κ3) is 6.95. The Balaban J connectivity index is 3.42. The molecule has 0 aromatic carbocycles. The molecule has 1 nitrogen and oxygen atoms in total. The van der Waals surface area contributed by atoms with Crippen molar-refractivity contribution in [1.82, 2.24) is 0 Å². The van der Waals surface area contributed by atoms with Crippen LogP contribution in [0.3, 0.4) is 0 Å². The second-order valence-electron chi connectivity index (χ2n) is 4.33. The minimum absolute atomic E-state index is 0.136. The van der Waals surface area contributed by atoms with E-state index >= 15 is 0 Å². The van der Waals surface area contributed by atoms with Gasteiger partial charge in [0.05, 0.1) is 11.5 Å². The number of thioether (sulfide) groups is 1. The summed E-state index contributed by atoms with van der Waals surface area (Å²) in [6, 6.07) is 2.33. The van der Waals surface area contributed by atoms with E-state index < -0.39 is 0 Å². The maximum absolute atomic E-state index is 8.79. The summed E-state index contributed by atoms with van der Waals surface area (Å²) in [7, 11) is 0. The largest absolute Gasteiger partial charge is 0.198 e. The van der Waals surface area contributed by atoms with Gasteiger partial charge in [0.1, 0.15) is 0 Å². The molecule has 0 N–H and O–H groups in total. The van der Waals surface area contributed by atoms with Crippen LogP contribution in [0.1, 0.15) is 40.5 Å². The Morgan fingerprint density at radius 1 is 1.46 bits per heavy atom. The number of rotatable bonds is 6. The fraction of sp³-hybridized carbons (Fsp3) is 0.909. The van der Waals surface area contributed by atoms with Crippen LogP contribution in [0.25, 0.3) is 0 Å². The Morgan fingerprint density at radius 3 is 2.54 bits per heavy atom. The highest BCUT2D eigenvalue weighted by Crippen LogP contribution is 2.22. The molecule has 1 unspecified atom stereocenters. The lowest BCUT2D eigenvalue weighted by Gasteiger charge is -2.15. The molecule has 0 spiro atoms. The molecule has 0 rings (SSSR count). The zero-order valence-electron chi connectivity index (χ0n) is 9.26. The fourth-order valence-corrected chi connectivity index (χ4v) is 2.24. The van der Waals surface area contributed by atoms with E-state index in [-0.39, 0.29) is 5.41 Å². The minimum Gasteiger partial charge on any atom is -0.198 e. The van der Waals surface area contributed by atoms with E-state index in [4.69, 9.17) is 5.26 Å². The first-order chi connectivity index (χ1) is 6.02. The van der Waals surface area contributed by atoms with E-state index in [1.165, 1.54) is 12.2 Å². The topological polar surface area (TPSA) is 23.8 Å². The van der Waals surface area contributed by atoms with E-state index in [0.717, 1.165) is 18.1 Å². The molecule has 0 aliphatic rings. The molecule has 0 aromatic heterocycles. The zero-order chi connectivity index (χ0) is 10.3. The average Bonchev–Trinajstić information content (AvgIpc) is 2.12. The van der Waals surface area contributed by atoms with E-state index in [1.54, 1.807) is 0 Å². The standard InChI is InChI=1S/C11H21NS/c1-5-10(2)8-13-7-6-11(3,4)9-12/h10H,5-8H2,1-4H3. The second kappa shape index (κ2) is 6.32. The minimum atomic E-state index is -0.136. The molecule has 0 aliphatic heterocycles. The first-order valence-electron chi connectivity index (χ1n) is 5.01. The third-order valence-corrected chi connectivity index (χ3v) is 3.57. The Labute approximate surface area is 86.9 Å². The first-order valence-corrected chi connectivity index (χ1v) is 6.16. The quantitative estimate of drug-likeness (QED) is 0.609. The van der Waals surface area contributed by atoms with Gasteiger partial charge in [0, 0.05) is 0 Å². The lowest BCUT2D eigenvalue weighted by molar-refractivity contribution is 0.481. The van der Waals surface area contributed by atoms with Crippen LogP contribution in [0.15, 0.2) is 0 Å². The average molecular weight is 199 g/mol. The lowest BCUT2D eigenvalue weighted by atomic mass is 9.93. The van der Waals surface area contributed by atoms with Crippen LogP contribution in [0.2, 0.25) is 0 Å². The summed E-state index contributed by atoms with van der Waals surface area (Å²) in [4.78, 5) is 0. The maximum Gasteiger partial charge on any atom is 0.0684 e. The van der Waals surface area contributed by atoms with Crippen LogP contribution in [0.5, 0.6) is 0 Å². The van der Waals surface area contributed by atoms with Gasteiger partial charge in [0.2, 0.25) is 0 Å². The summed E-state index contributed by atoms with van der Waals surface area (Å²) in [5, 5.41) is 8.79. The molecule has 0 saturated carbocycles. The molecule has 0 saturated heterocycles. The Hall–Kier alpha value is -0.160. The fourth-order valence-electron chi connectivity index (χ4n) is 0.786. The van der Waals surface area contributed by atoms with Crippen molar-refractivity contribution >= 4 is 11.8 Å². The molecule has 0 amide bonds. The second-order valence-corrected chi connectivity index (χ2v) is 5.48. The molecular formula is C11H21NS. The number of nitrogens with zero attached hydrogens (tertiary/aromatic N) is 1. The van der Waals surface area contributed by atoms with Gasteiger partial charge in [-0.25, -0.2) is 0 Å². The van der Waals surface area contributed by atoms with Crippen LogP contribution in [0, 0.1) is 22.7 Å². The van der Waals surface area contributed by atoms with Crippen molar-refractivity contribution in [3.05, 3.63) is 0 Å². The summed E-state index contributed by atoms with van der Waals surface area (Å²) >= 11 is 1.98. The monoisotopic (exact) mass is 199 g/mol. The molecule has 2 heteroatoms. The Morgan fingerprint density at radius 2 is 2.08 bits per heavy atom. The lowest BCUT2D eigenvalue weighted by Crippen LogP contribution is -2.09. The van der Waals surface area contributed by atoms with Crippen LogP contribution in [-0.4, -0.2) is 11.5 Å².